The minimum Gasteiger partial charge on any atom is -0.346 e. The Bertz CT molecular complexity index is 798. The second-order valence-corrected chi connectivity index (χ2v) is 8.89. The van der Waals surface area contributed by atoms with Crippen LogP contribution in [0.5, 0.6) is 0 Å². The lowest BCUT2D eigenvalue weighted by molar-refractivity contribution is 0.467. The lowest BCUT2D eigenvalue weighted by atomic mass is 10.1. The maximum absolute atomic E-state index is 11.4. The van der Waals surface area contributed by atoms with Crippen LogP contribution in [-0.4, -0.2) is 38.8 Å². The van der Waals surface area contributed by atoms with Crippen molar-refractivity contribution in [1.82, 2.24) is 9.71 Å². The number of aromatic nitrogens is 1. The molecule has 1 saturated heterocycles. The van der Waals surface area contributed by atoms with Crippen molar-refractivity contribution in [3.8, 4) is 0 Å². The molecule has 1 aromatic carbocycles. The molecule has 0 saturated carbocycles. The first-order valence-corrected chi connectivity index (χ1v) is 10.1. The van der Waals surface area contributed by atoms with Crippen LogP contribution in [0.4, 0.5) is 5.13 Å². The molecule has 5 nitrogen and oxygen atoms in total. The Hall–Kier alpha value is -1.18. The molecule has 0 amide bonds. The van der Waals surface area contributed by atoms with Gasteiger partial charge < -0.3 is 4.90 Å². The molecule has 3 rings (SSSR count). The number of aryl methyl sites for hydroxylation is 2. The van der Waals surface area contributed by atoms with Gasteiger partial charge in [-0.3, -0.25) is 0 Å². The molecule has 1 N–H and O–H groups in total. The highest BCUT2D eigenvalue weighted by Crippen LogP contribution is 2.32. The Labute approximate surface area is 135 Å². The molecule has 0 radical (unpaired) electrons. The van der Waals surface area contributed by atoms with E-state index in [1.807, 2.05) is 0 Å². The van der Waals surface area contributed by atoms with Crippen LogP contribution in [0, 0.1) is 13.8 Å². The van der Waals surface area contributed by atoms with Crippen molar-refractivity contribution >= 4 is 36.7 Å². The van der Waals surface area contributed by atoms with Gasteiger partial charge in [-0.25, -0.2) is 18.1 Å². The number of rotatable bonds is 3. The normalized spacial score (nSPS) is 19.8. The van der Waals surface area contributed by atoms with Gasteiger partial charge in [0.1, 0.15) is 0 Å². The van der Waals surface area contributed by atoms with Crippen LogP contribution in [0.1, 0.15) is 24.0 Å². The summed E-state index contributed by atoms with van der Waals surface area (Å²) >= 11 is 1.69. The van der Waals surface area contributed by atoms with Crippen LogP contribution in [0.3, 0.4) is 0 Å². The zero-order valence-corrected chi connectivity index (χ0v) is 14.7. The molecule has 0 spiro atoms. The van der Waals surface area contributed by atoms with Gasteiger partial charge >= 0.3 is 0 Å². The van der Waals surface area contributed by atoms with Gasteiger partial charge in [-0.1, -0.05) is 17.4 Å². The van der Waals surface area contributed by atoms with E-state index in [9.17, 15) is 8.42 Å². The van der Waals surface area contributed by atoms with Gasteiger partial charge in [0.25, 0.3) is 0 Å². The van der Waals surface area contributed by atoms with Crippen molar-refractivity contribution in [3.05, 3.63) is 23.3 Å². The number of sulfonamides is 1. The number of fused-ring (bicyclic) bond motifs is 1. The summed E-state index contributed by atoms with van der Waals surface area (Å²) in [6, 6.07) is 4.29. The average molecular weight is 339 g/mol. The van der Waals surface area contributed by atoms with Gasteiger partial charge in [0.15, 0.2) is 5.13 Å². The third kappa shape index (κ3) is 3.42. The Balaban J connectivity index is 1.86. The molecule has 1 aliphatic heterocycles. The lowest BCUT2D eigenvalue weighted by Gasteiger charge is -2.32. The van der Waals surface area contributed by atoms with E-state index in [0.717, 1.165) is 30.0 Å². The minimum atomic E-state index is -3.16. The summed E-state index contributed by atoms with van der Waals surface area (Å²) in [4.78, 5) is 6.98. The SMILES string of the molecule is Cc1cc(C)c2nc(N3CCCC(NS(C)(=O)=O)C3)sc2c1. The quantitative estimate of drug-likeness (QED) is 0.933. The monoisotopic (exact) mass is 339 g/mol. The second kappa shape index (κ2) is 5.79. The van der Waals surface area contributed by atoms with Gasteiger partial charge in [0.2, 0.25) is 10.0 Å². The zero-order valence-electron chi connectivity index (χ0n) is 13.1. The largest absolute Gasteiger partial charge is 0.346 e. The first-order valence-electron chi connectivity index (χ1n) is 7.42. The smallest absolute Gasteiger partial charge is 0.209 e. The van der Waals surface area contributed by atoms with E-state index in [1.54, 1.807) is 11.3 Å². The van der Waals surface area contributed by atoms with Crippen LogP contribution in [-0.2, 0) is 10.0 Å². The molecule has 22 heavy (non-hydrogen) atoms. The fourth-order valence-corrected chi connectivity index (χ4v) is 5.02. The number of hydrogen-bond acceptors (Lipinski definition) is 5. The highest BCUT2D eigenvalue weighted by molar-refractivity contribution is 7.88. The molecule has 2 heterocycles. The van der Waals surface area contributed by atoms with Crippen molar-refractivity contribution in [2.45, 2.75) is 32.7 Å². The molecule has 1 aromatic heterocycles. The fraction of sp³-hybridized carbons (Fsp3) is 0.533. The highest BCUT2D eigenvalue weighted by Gasteiger charge is 2.24. The molecule has 2 aromatic rings. The molecular formula is C15H21N3O2S2. The molecule has 1 atom stereocenters. The van der Waals surface area contributed by atoms with Crippen molar-refractivity contribution in [2.24, 2.45) is 0 Å². The summed E-state index contributed by atoms with van der Waals surface area (Å²) in [6.07, 6.45) is 3.07. The maximum atomic E-state index is 11.4. The topological polar surface area (TPSA) is 62.3 Å². The van der Waals surface area contributed by atoms with Crippen molar-refractivity contribution in [3.63, 3.8) is 0 Å². The Morgan fingerprint density at radius 1 is 1.36 bits per heavy atom. The number of hydrogen-bond donors (Lipinski definition) is 1. The predicted molar refractivity (Wildman–Crippen MR) is 92.3 cm³/mol. The van der Waals surface area contributed by atoms with Crippen molar-refractivity contribution in [1.29, 1.82) is 0 Å². The van der Waals surface area contributed by atoms with Crippen LogP contribution in [0.25, 0.3) is 10.2 Å². The number of nitrogens with one attached hydrogen (secondary N) is 1. The van der Waals surface area contributed by atoms with Gasteiger partial charge in [-0.05, 0) is 43.9 Å². The van der Waals surface area contributed by atoms with Crippen molar-refractivity contribution < 1.29 is 8.42 Å². The Morgan fingerprint density at radius 2 is 2.14 bits per heavy atom. The number of thiazole rings is 1. The summed E-state index contributed by atoms with van der Waals surface area (Å²) in [6.45, 7) is 5.80. The zero-order chi connectivity index (χ0) is 15.9. The Morgan fingerprint density at radius 3 is 2.86 bits per heavy atom. The standard InChI is InChI=1S/C15H21N3O2S2/c1-10-7-11(2)14-13(8-10)21-15(16-14)18-6-4-5-12(9-18)17-22(3,19)20/h7-8,12,17H,4-6,9H2,1-3H3. The summed E-state index contributed by atoms with van der Waals surface area (Å²) < 4.78 is 26.8. The van der Waals surface area contributed by atoms with E-state index in [-0.39, 0.29) is 6.04 Å². The van der Waals surface area contributed by atoms with E-state index >= 15 is 0 Å². The lowest BCUT2D eigenvalue weighted by Crippen LogP contribution is -2.47. The molecular weight excluding hydrogens is 318 g/mol. The maximum Gasteiger partial charge on any atom is 0.209 e. The van der Waals surface area contributed by atoms with E-state index in [0.29, 0.717) is 6.54 Å². The van der Waals surface area contributed by atoms with Crippen LogP contribution in [0.2, 0.25) is 0 Å². The molecule has 1 unspecified atom stereocenters. The van der Waals surface area contributed by atoms with Gasteiger partial charge in [-0.2, -0.15) is 0 Å². The van der Waals surface area contributed by atoms with Gasteiger partial charge in [0, 0.05) is 19.1 Å². The van der Waals surface area contributed by atoms with Crippen LogP contribution in [0.15, 0.2) is 12.1 Å². The third-order valence-corrected chi connectivity index (χ3v) is 5.72. The van der Waals surface area contributed by atoms with E-state index in [4.69, 9.17) is 4.98 Å². The van der Waals surface area contributed by atoms with E-state index in [2.05, 4.69) is 35.6 Å². The van der Waals surface area contributed by atoms with E-state index in [1.165, 1.54) is 22.1 Å². The number of piperidine rings is 1. The van der Waals surface area contributed by atoms with E-state index < -0.39 is 10.0 Å². The molecule has 0 bridgehead atoms. The first-order chi connectivity index (χ1) is 10.3. The fourth-order valence-electron chi connectivity index (χ4n) is 3.04. The van der Waals surface area contributed by atoms with Gasteiger partial charge in [-0.15, -0.1) is 0 Å². The third-order valence-electron chi connectivity index (χ3n) is 3.89. The van der Waals surface area contributed by atoms with Crippen molar-refractivity contribution in [2.75, 3.05) is 24.2 Å². The molecule has 1 fully saturated rings. The first kappa shape index (κ1) is 15.7. The number of nitrogens with zero attached hydrogens (tertiary/aromatic N) is 2. The summed E-state index contributed by atoms with van der Waals surface area (Å²) in [5.41, 5.74) is 3.50. The molecule has 0 aliphatic carbocycles. The second-order valence-electron chi connectivity index (χ2n) is 6.10. The van der Waals surface area contributed by atoms with Crippen LogP contribution >= 0.6 is 11.3 Å². The molecule has 120 valence electrons. The molecule has 7 heteroatoms. The predicted octanol–water partition coefficient (Wildman–Crippen LogP) is 2.43. The average Bonchev–Trinajstić information content (AvgIpc) is 2.81. The number of benzene rings is 1. The number of anilines is 1. The summed E-state index contributed by atoms with van der Waals surface area (Å²) in [5.74, 6) is 0. The van der Waals surface area contributed by atoms with Gasteiger partial charge in [0.05, 0.1) is 16.5 Å². The highest BCUT2D eigenvalue weighted by atomic mass is 32.2. The summed E-state index contributed by atoms with van der Waals surface area (Å²) in [5, 5.41) is 0.990. The molecule has 1 aliphatic rings. The summed E-state index contributed by atoms with van der Waals surface area (Å²) in [7, 11) is -3.16. The Kier molecular flexibility index (Phi) is 4.13. The minimum absolute atomic E-state index is 0.0291. The van der Waals surface area contributed by atoms with Crippen LogP contribution < -0.4 is 9.62 Å².